The lowest BCUT2D eigenvalue weighted by atomic mass is 9.70. The van der Waals surface area contributed by atoms with E-state index in [0.29, 0.717) is 19.5 Å². The van der Waals surface area contributed by atoms with E-state index in [9.17, 15) is 19.5 Å². The number of hydrogen-bond donors (Lipinski definition) is 1. The third-order valence-electron chi connectivity index (χ3n) is 9.64. The summed E-state index contributed by atoms with van der Waals surface area (Å²) in [5.74, 6) is -1.62. The van der Waals surface area contributed by atoms with Gasteiger partial charge in [-0.3, -0.25) is 14.4 Å². The number of fused-ring (bicyclic) bond motifs is 2. The molecule has 2 unspecified atom stereocenters. The first-order chi connectivity index (χ1) is 20.8. The lowest BCUT2D eigenvalue weighted by Gasteiger charge is -2.41. The molecule has 0 radical (unpaired) electrons. The molecule has 11 heteroatoms. The van der Waals surface area contributed by atoms with Gasteiger partial charge in [-0.25, -0.2) is 4.68 Å². The first-order valence-electron chi connectivity index (χ1n) is 15.5. The highest BCUT2D eigenvalue weighted by molar-refractivity contribution is 8.02. The molecule has 1 aromatic heterocycles. The van der Waals surface area contributed by atoms with Crippen LogP contribution in [0.1, 0.15) is 46.5 Å². The number of nitrogens with zero attached hydrogens (tertiary/aromatic N) is 6. The topological polar surface area (TPSA) is 112 Å². The Morgan fingerprint density at radius 2 is 1.91 bits per heavy atom. The zero-order valence-electron chi connectivity index (χ0n) is 25.5. The summed E-state index contributed by atoms with van der Waals surface area (Å²) in [6, 6.07) is 6.21. The quantitative estimate of drug-likeness (QED) is 0.328. The average molecular weight is 609 g/mol. The summed E-state index contributed by atoms with van der Waals surface area (Å²) in [5, 5.41) is 19.2. The van der Waals surface area contributed by atoms with Crippen LogP contribution in [0.2, 0.25) is 0 Å². The maximum absolute atomic E-state index is 14.8. The zero-order chi connectivity index (χ0) is 30.9. The highest BCUT2D eigenvalue weighted by atomic mass is 32.2. The minimum absolute atomic E-state index is 0.0339. The van der Waals surface area contributed by atoms with Crippen LogP contribution in [0.15, 0.2) is 49.6 Å². The number of thioether (sulfide) groups is 1. The van der Waals surface area contributed by atoms with Gasteiger partial charge in [0, 0.05) is 24.9 Å². The number of carbonyl (C=O) groups is 3. The highest BCUT2D eigenvalue weighted by Crippen LogP contribution is 2.67. The molecule has 2 aromatic rings. The molecular weight excluding hydrogens is 564 g/mol. The van der Waals surface area contributed by atoms with Crippen LogP contribution in [0.25, 0.3) is 11.0 Å². The van der Waals surface area contributed by atoms with Gasteiger partial charge in [-0.2, -0.15) is 0 Å². The van der Waals surface area contributed by atoms with Crippen LogP contribution >= 0.6 is 11.8 Å². The molecule has 0 saturated carbocycles. The van der Waals surface area contributed by atoms with Gasteiger partial charge in [0.05, 0.1) is 34.7 Å². The van der Waals surface area contributed by atoms with E-state index in [0.717, 1.165) is 30.3 Å². The standard InChI is InChI=1S/C32H44N6O4S/c1-6-16-35(17-7-2)29(40)26-25-14-15-32(43-25)27(26)30(41)38(24(19-39)21(5)9-4)28(32)31(42)36(18-8-3)20-37-23-13-11-10-12-22(23)33-34-37/h6,8,10-13,21,24-28,39H,1,3,7,9,14-20H2,2,4-5H3/t21-,24-,25+,26-,27-,28?,32?/m0/s1. The van der Waals surface area contributed by atoms with Gasteiger partial charge < -0.3 is 19.8 Å². The Morgan fingerprint density at radius 3 is 2.58 bits per heavy atom. The zero-order valence-corrected chi connectivity index (χ0v) is 26.3. The predicted molar refractivity (Wildman–Crippen MR) is 168 cm³/mol. The molecule has 7 atom stereocenters. The number of likely N-dealkylation sites (tertiary alicyclic amines) is 1. The molecule has 1 N–H and O–H groups in total. The average Bonchev–Trinajstić information content (AvgIpc) is 3.76. The molecule has 2 bridgehead atoms. The number of aliphatic hydroxyl groups excluding tert-OH is 1. The monoisotopic (exact) mass is 608 g/mol. The Balaban J connectivity index is 1.57. The first-order valence-corrected chi connectivity index (χ1v) is 16.3. The molecule has 4 heterocycles. The van der Waals surface area contributed by atoms with Crippen LogP contribution in [0, 0.1) is 17.8 Å². The molecule has 3 amide bonds. The summed E-state index contributed by atoms with van der Waals surface area (Å²) in [4.78, 5) is 48.7. The number of aliphatic hydroxyl groups is 1. The fourth-order valence-corrected chi connectivity index (χ4v) is 9.67. The van der Waals surface area contributed by atoms with Crippen LogP contribution in [0.3, 0.4) is 0 Å². The minimum Gasteiger partial charge on any atom is -0.394 e. The Bertz CT molecular complexity index is 1380. The number of rotatable bonds is 14. The van der Waals surface area contributed by atoms with Crippen molar-refractivity contribution in [2.45, 2.75) is 75.2 Å². The van der Waals surface area contributed by atoms with E-state index in [2.05, 4.69) is 23.5 Å². The van der Waals surface area contributed by atoms with Crippen LogP contribution in [-0.4, -0.2) is 101 Å². The Morgan fingerprint density at radius 1 is 1.19 bits per heavy atom. The van der Waals surface area contributed by atoms with Gasteiger partial charge in [-0.15, -0.1) is 30.0 Å². The van der Waals surface area contributed by atoms with Crippen molar-refractivity contribution in [3.8, 4) is 0 Å². The molecule has 43 heavy (non-hydrogen) atoms. The highest BCUT2D eigenvalue weighted by Gasteiger charge is 2.74. The first kappa shape index (κ1) is 31.3. The molecule has 5 rings (SSSR count). The molecule has 3 aliphatic rings. The molecule has 0 aliphatic carbocycles. The minimum atomic E-state index is -0.822. The number of para-hydroxylation sites is 1. The molecule has 3 fully saturated rings. The van der Waals surface area contributed by atoms with E-state index in [1.165, 1.54) is 0 Å². The summed E-state index contributed by atoms with van der Waals surface area (Å²) in [7, 11) is 0. The summed E-state index contributed by atoms with van der Waals surface area (Å²) >= 11 is 1.65. The largest absolute Gasteiger partial charge is 0.394 e. The van der Waals surface area contributed by atoms with Crippen molar-refractivity contribution in [1.82, 2.24) is 29.7 Å². The summed E-state index contributed by atoms with van der Waals surface area (Å²) in [5.41, 5.74) is 1.53. The number of carbonyl (C=O) groups excluding carboxylic acids is 3. The summed E-state index contributed by atoms with van der Waals surface area (Å²) in [6.45, 7) is 14.9. The third-order valence-corrected chi connectivity index (χ3v) is 11.6. The van der Waals surface area contributed by atoms with E-state index in [1.54, 1.807) is 43.3 Å². The summed E-state index contributed by atoms with van der Waals surface area (Å²) in [6.07, 6.45) is 6.36. The van der Waals surface area contributed by atoms with Gasteiger partial charge in [0.1, 0.15) is 18.2 Å². The molecule has 1 aromatic carbocycles. The van der Waals surface area contributed by atoms with E-state index in [4.69, 9.17) is 0 Å². The van der Waals surface area contributed by atoms with Crippen LogP contribution in [-0.2, 0) is 21.1 Å². The smallest absolute Gasteiger partial charge is 0.248 e. The van der Waals surface area contributed by atoms with E-state index in [1.807, 2.05) is 45.0 Å². The number of hydrogen-bond acceptors (Lipinski definition) is 7. The molecule has 1 spiro atoms. The molecule has 3 saturated heterocycles. The van der Waals surface area contributed by atoms with Gasteiger partial charge >= 0.3 is 0 Å². The van der Waals surface area contributed by atoms with Crippen molar-refractivity contribution in [3.05, 3.63) is 49.6 Å². The van der Waals surface area contributed by atoms with Crippen molar-refractivity contribution < 1.29 is 19.5 Å². The Kier molecular flexibility index (Phi) is 9.31. The maximum Gasteiger partial charge on any atom is 0.248 e. The molecule has 10 nitrogen and oxygen atoms in total. The predicted octanol–water partition coefficient (Wildman–Crippen LogP) is 3.33. The fraction of sp³-hybridized carbons (Fsp3) is 0.594. The van der Waals surface area contributed by atoms with Gasteiger partial charge in [0.15, 0.2) is 0 Å². The number of benzene rings is 1. The normalized spacial score (nSPS) is 27.3. The third kappa shape index (κ3) is 5.18. The van der Waals surface area contributed by atoms with Crippen molar-refractivity contribution in [3.63, 3.8) is 0 Å². The van der Waals surface area contributed by atoms with E-state index >= 15 is 0 Å². The van der Waals surface area contributed by atoms with Crippen molar-refractivity contribution in [1.29, 1.82) is 0 Å². The summed E-state index contributed by atoms with van der Waals surface area (Å²) < 4.78 is 0.935. The lowest BCUT2D eigenvalue weighted by Crippen LogP contribution is -2.58. The molecule has 3 aliphatic heterocycles. The Labute approximate surface area is 258 Å². The van der Waals surface area contributed by atoms with Crippen molar-refractivity contribution >= 4 is 40.5 Å². The second-order valence-corrected chi connectivity index (χ2v) is 13.7. The van der Waals surface area contributed by atoms with Crippen molar-refractivity contribution in [2.75, 3.05) is 26.2 Å². The van der Waals surface area contributed by atoms with Gasteiger partial charge in [0.2, 0.25) is 17.7 Å². The number of amides is 3. The van der Waals surface area contributed by atoms with E-state index in [-0.39, 0.29) is 48.7 Å². The Hall–Kier alpha value is -3.18. The van der Waals surface area contributed by atoms with Crippen LogP contribution in [0.4, 0.5) is 0 Å². The van der Waals surface area contributed by atoms with Crippen LogP contribution < -0.4 is 0 Å². The van der Waals surface area contributed by atoms with Crippen LogP contribution in [0.5, 0.6) is 0 Å². The maximum atomic E-state index is 14.8. The van der Waals surface area contributed by atoms with Gasteiger partial charge in [-0.1, -0.05) is 56.7 Å². The second-order valence-electron chi connectivity index (χ2n) is 12.1. The SMILES string of the molecule is C=CCN(Cn1nnc2ccccc21)C(=O)C1N([C@@H](CO)[C@@H](C)CC)C(=O)[C@@H]2[C@@H](C(=O)N(CC=C)CCC)[C@H]3CCC12S3. The van der Waals surface area contributed by atoms with Gasteiger partial charge in [0.25, 0.3) is 0 Å². The number of aromatic nitrogens is 3. The lowest BCUT2D eigenvalue weighted by molar-refractivity contribution is -0.148. The van der Waals surface area contributed by atoms with Gasteiger partial charge in [-0.05, 0) is 37.3 Å². The van der Waals surface area contributed by atoms with Crippen molar-refractivity contribution in [2.24, 2.45) is 17.8 Å². The fourth-order valence-electron chi connectivity index (χ4n) is 7.48. The molecular formula is C32H44N6O4S. The second kappa shape index (κ2) is 12.8. The molecule has 232 valence electrons. The van der Waals surface area contributed by atoms with E-state index < -0.39 is 28.7 Å².